The molecule has 2 aromatic carbocycles. The molecule has 0 fully saturated rings. The number of fused-ring (bicyclic) bond motifs is 1. The number of carbonyl (C=O) groups is 1. The standard InChI is InChI=1S/C26H32N4OS/c1-6-30-23(20-11-13-22(14-12-20)26(3,4)5)27-28-25(30)32-18(2)24(31)29-16-15-19-9-7-8-10-21(19)17-29/h7-14,18H,6,15-17H2,1-5H3. The second-order valence-corrected chi connectivity index (χ2v) is 10.7. The zero-order valence-corrected chi connectivity index (χ0v) is 20.4. The van der Waals surface area contributed by atoms with Crippen molar-refractivity contribution in [2.75, 3.05) is 6.54 Å². The SMILES string of the molecule is CCn1c(SC(C)C(=O)N2CCc3ccccc3C2)nnc1-c1ccc(C(C)(C)C)cc1. The minimum atomic E-state index is -0.217. The van der Waals surface area contributed by atoms with Crippen molar-refractivity contribution in [1.82, 2.24) is 19.7 Å². The van der Waals surface area contributed by atoms with E-state index in [2.05, 4.69) is 84.9 Å². The van der Waals surface area contributed by atoms with Gasteiger partial charge in [0.1, 0.15) is 0 Å². The maximum absolute atomic E-state index is 13.2. The van der Waals surface area contributed by atoms with Crippen LogP contribution in [0.2, 0.25) is 0 Å². The summed E-state index contributed by atoms with van der Waals surface area (Å²) in [5, 5.41) is 9.49. The van der Waals surface area contributed by atoms with Gasteiger partial charge in [0.2, 0.25) is 5.91 Å². The van der Waals surface area contributed by atoms with Crippen LogP contribution < -0.4 is 0 Å². The Hall–Kier alpha value is -2.60. The van der Waals surface area contributed by atoms with Crippen molar-refractivity contribution >= 4 is 17.7 Å². The molecule has 1 aliphatic heterocycles. The van der Waals surface area contributed by atoms with E-state index in [4.69, 9.17) is 0 Å². The molecule has 168 valence electrons. The summed E-state index contributed by atoms with van der Waals surface area (Å²) in [6.07, 6.45) is 0.916. The van der Waals surface area contributed by atoms with Gasteiger partial charge in [0, 0.05) is 25.2 Å². The fourth-order valence-corrected chi connectivity index (χ4v) is 5.14. The van der Waals surface area contributed by atoms with Gasteiger partial charge < -0.3 is 9.47 Å². The third kappa shape index (κ3) is 4.60. The summed E-state index contributed by atoms with van der Waals surface area (Å²) >= 11 is 1.50. The van der Waals surface area contributed by atoms with Crippen molar-refractivity contribution in [3.8, 4) is 11.4 Å². The Labute approximate surface area is 195 Å². The van der Waals surface area contributed by atoms with Gasteiger partial charge in [-0.25, -0.2) is 0 Å². The lowest BCUT2D eigenvalue weighted by atomic mass is 9.87. The highest BCUT2D eigenvalue weighted by molar-refractivity contribution is 8.00. The van der Waals surface area contributed by atoms with Crippen LogP contribution in [-0.4, -0.2) is 37.4 Å². The predicted molar refractivity (Wildman–Crippen MR) is 131 cm³/mol. The monoisotopic (exact) mass is 448 g/mol. The molecule has 6 heteroatoms. The van der Waals surface area contributed by atoms with Gasteiger partial charge in [0.15, 0.2) is 11.0 Å². The van der Waals surface area contributed by atoms with Crippen LogP contribution in [0.3, 0.4) is 0 Å². The summed E-state index contributed by atoms with van der Waals surface area (Å²) < 4.78 is 2.10. The summed E-state index contributed by atoms with van der Waals surface area (Å²) in [5.74, 6) is 1.01. The van der Waals surface area contributed by atoms with Gasteiger partial charge in [-0.3, -0.25) is 4.79 Å². The number of amides is 1. The van der Waals surface area contributed by atoms with Crippen molar-refractivity contribution in [1.29, 1.82) is 0 Å². The van der Waals surface area contributed by atoms with E-state index in [0.717, 1.165) is 36.1 Å². The first kappa shape index (κ1) is 22.6. The number of hydrogen-bond acceptors (Lipinski definition) is 4. The normalized spacial score (nSPS) is 14.8. The molecule has 4 rings (SSSR count). The first-order chi connectivity index (χ1) is 15.3. The second kappa shape index (κ2) is 9.10. The predicted octanol–water partition coefficient (Wildman–Crippen LogP) is 5.33. The summed E-state index contributed by atoms with van der Waals surface area (Å²) in [6.45, 7) is 12.9. The number of aromatic nitrogens is 3. The summed E-state index contributed by atoms with van der Waals surface area (Å²) in [7, 11) is 0. The molecule has 3 aromatic rings. The quantitative estimate of drug-likeness (QED) is 0.495. The average molecular weight is 449 g/mol. The van der Waals surface area contributed by atoms with E-state index in [0.29, 0.717) is 6.54 Å². The minimum absolute atomic E-state index is 0.114. The van der Waals surface area contributed by atoms with Crippen LogP contribution in [0.4, 0.5) is 0 Å². The Morgan fingerprint density at radius 1 is 1.06 bits per heavy atom. The van der Waals surface area contributed by atoms with Crippen molar-refractivity contribution in [2.24, 2.45) is 0 Å². The maximum atomic E-state index is 13.2. The van der Waals surface area contributed by atoms with E-state index >= 15 is 0 Å². The van der Waals surface area contributed by atoms with E-state index in [9.17, 15) is 4.79 Å². The molecule has 1 unspecified atom stereocenters. The Kier molecular flexibility index (Phi) is 6.42. The lowest BCUT2D eigenvalue weighted by Crippen LogP contribution is -2.40. The number of rotatable bonds is 5. The molecule has 0 radical (unpaired) electrons. The van der Waals surface area contributed by atoms with Crippen LogP contribution in [0, 0.1) is 0 Å². The Morgan fingerprint density at radius 2 is 1.75 bits per heavy atom. The van der Waals surface area contributed by atoms with Crippen molar-refractivity contribution in [3.63, 3.8) is 0 Å². The van der Waals surface area contributed by atoms with Gasteiger partial charge in [0.05, 0.1) is 5.25 Å². The van der Waals surface area contributed by atoms with Gasteiger partial charge in [-0.2, -0.15) is 0 Å². The van der Waals surface area contributed by atoms with Crippen molar-refractivity contribution in [3.05, 3.63) is 65.2 Å². The zero-order chi connectivity index (χ0) is 22.9. The number of carbonyl (C=O) groups excluding carboxylic acids is 1. The number of hydrogen-bond donors (Lipinski definition) is 0. The van der Waals surface area contributed by atoms with Crippen LogP contribution in [0.25, 0.3) is 11.4 Å². The Bertz CT molecular complexity index is 1100. The fraction of sp³-hybridized carbons (Fsp3) is 0.423. The third-order valence-corrected chi connectivity index (χ3v) is 7.18. The molecule has 0 aliphatic carbocycles. The highest BCUT2D eigenvalue weighted by atomic mass is 32.2. The number of nitrogens with zero attached hydrogens (tertiary/aromatic N) is 4. The Morgan fingerprint density at radius 3 is 2.41 bits per heavy atom. The molecule has 1 aliphatic rings. The molecule has 0 N–H and O–H groups in total. The summed E-state index contributed by atoms with van der Waals surface area (Å²) in [6, 6.07) is 17.0. The largest absolute Gasteiger partial charge is 0.337 e. The summed E-state index contributed by atoms with van der Waals surface area (Å²) in [4.78, 5) is 15.1. The van der Waals surface area contributed by atoms with Gasteiger partial charge in [-0.1, -0.05) is 81.1 Å². The highest BCUT2D eigenvalue weighted by Crippen LogP contribution is 2.30. The molecule has 0 saturated heterocycles. The molecule has 2 heterocycles. The molecule has 1 amide bonds. The van der Waals surface area contributed by atoms with Crippen LogP contribution in [0.5, 0.6) is 0 Å². The average Bonchev–Trinajstić information content (AvgIpc) is 3.20. The fourth-order valence-electron chi connectivity index (χ4n) is 4.14. The van der Waals surface area contributed by atoms with E-state index in [1.807, 2.05) is 17.9 Å². The molecule has 0 saturated carbocycles. The lowest BCUT2D eigenvalue weighted by Gasteiger charge is -2.30. The lowest BCUT2D eigenvalue weighted by molar-refractivity contribution is -0.131. The first-order valence-electron chi connectivity index (χ1n) is 11.3. The molecule has 32 heavy (non-hydrogen) atoms. The van der Waals surface area contributed by atoms with Crippen LogP contribution in [0.1, 0.15) is 51.3 Å². The van der Waals surface area contributed by atoms with Gasteiger partial charge in [-0.05, 0) is 42.4 Å². The topological polar surface area (TPSA) is 51.0 Å². The number of benzene rings is 2. The third-order valence-electron chi connectivity index (χ3n) is 6.11. The molecule has 1 atom stereocenters. The van der Waals surface area contributed by atoms with Gasteiger partial charge in [0.25, 0.3) is 0 Å². The van der Waals surface area contributed by atoms with E-state index < -0.39 is 0 Å². The number of thioether (sulfide) groups is 1. The molecule has 0 bridgehead atoms. The minimum Gasteiger partial charge on any atom is -0.337 e. The molecule has 0 spiro atoms. The van der Waals surface area contributed by atoms with Crippen LogP contribution in [0.15, 0.2) is 53.7 Å². The molecule has 5 nitrogen and oxygen atoms in total. The van der Waals surface area contributed by atoms with E-state index in [-0.39, 0.29) is 16.6 Å². The molecular formula is C26H32N4OS. The Balaban J connectivity index is 1.49. The molecule has 1 aromatic heterocycles. The summed E-state index contributed by atoms with van der Waals surface area (Å²) in [5.41, 5.74) is 5.06. The second-order valence-electron chi connectivity index (χ2n) is 9.42. The van der Waals surface area contributed by atoms with E-state index in [1.54, 1.807) is 0 Å². The first-order valence-corrected chi connectivity index (χ1v) is 12.2. The van der Waals surface area contributed by atoms with Gasteiger partial charge in [-0.15, -0.1) is 10.2 Å². The molecular weight excluding hydrogens is 416 g/mol. The highest BCUT2D eigenvalue weighted by Gasteiger charge is 2.27. The zero-order valence-electron chi connectivity index (χ0n) is 19.6. The van der Waals surface area contributed by atoms with Crippen LogP contribution in [-0.2, 0) is 29.7 Å². The van der Waals surface area contributed by atoms with Crippen LogP contribution >= 0.6 is 11.8 Å². The van der Waals surface area contributed by atoms with Gasteiger partial charge >= 0.3 is 0 Å². The maximum Gasteiger partial charge on any atom is 0.236 e. The van der Waals surface area contributed by atoms with Crippen molar-refractivity contribution < 1.29 is 4.79 Å². The smallest absolute Gasteiger partial charge is 0.236 e. The van der Waals surface area contributed by atoms with E-state index in [1.165, 1.54) is 28.5 Å². The van der Waals surface area contributed by atoms with Crippen molar-refractivity contribution in [2.45, 2.75) is 70.0 Å².